The molecule has 0 unspecified atom stereocenters. The zero-order chi connectivity index (χ0) is 14.3. The van der Waals surface area contributed by atoms with Gasteiger partial charge >= 0.3 is 33.0 Å². The van der Waals surface area contributed by atoms with E-state index in [2.05, 4.69) is 19.8 Å². The standard InChI is InChI=1S/C6H7.C5H5.F6P.Rh/c1-6-4-2-3-5-6;1-2-4-5-3-1;1-7(2,3,4,5)6;/h2-5H,1H3;1-5H;;/q;;-1;. The van der Waals surface area contributed by atoms with Gasteiger partial charge in [-0.15, -0.1) is 0 Å². The molecule has 0 N–H and O–H groups in total. The van der Waals surface area contributed by atoms with Gasteiger partial charge in [0.2, 0.25) is 0 Å². The van der Waals surface area contributed by atoms with Gasteiger partial charge in [-0.2, -0.15) is 0 Å². The predicted octanol–water partition coefficient (Wildman–Crippen LogP) is 5.81. The fraction of sp³-hybridized carbons (Fsp3) is 0.0909. The van der Waals surface area contributed by atoms with Crippen LogP contribution in [0, 0.1) is 63.7 Å². The van der Waals surface area contributed by atoms with Crippen LogP contribution in [0.25, 0.3) is 0 Å². The largest absolute Gasteiger partial charge is 0.0312 e. The first-order chi connectivity index (χ1) is 7.84. The monoisotopic (exact) mass is 392 g/mol. The fourth-order valence-corrected chi connectivity index (χ4v) is 0.791. The molecule has 0 bridgehead atoms. The molecule has 0 aromatic heterocycles. The normalized spacial score (nSPS) is 22.9. The minimum Gasteiger partial charge on any atom is -0.0312 e. The van der Waals surface area contributed by atoms with Crippen molar-refractivity contribution in [1.82, 2.24) is 0 Å². The van der Waals surface area contributed by atoms with Crippen molar-refractivity contribution in [2.75, 3.05) is 0 Å². The minimum atomic E-state index is -10.7. The van der Waals surface area contributed by atoms with Crippen LogP contribution in [0.3, 0.4) is 0 Å². The van der Waals surface area contributed by atoms with E-state index in [1.165, 1.54) is 5.92 Å². The molecule has 0 aliphatic heterocycles. The van der Waals surface area contributed by atoms with Gasteiger partial charge < -0.3 is 0 Å². The Bertz CT molecular complexity index is 208. The summed E-state index contributed by atoms with van der Waals surface area (Å²) >= 11 is 0. The van der Waals surface area contributed by atoms with Crippen molar-refractivity contribution < 1.29 is 44.7 Å². The van der Waals surface area contributed by atoms with E-state index in [0.717, 1.165) is 0 Å². The molecule has 0 nitrogen and oxygen atoms in total. The van der Waals surface area contributed by atoms with Crippen molar-refractivity contribution in [1.29, 1.82) is 0 Å². The van der Waals surface area contributed by atoms with E-state index in [-0.39, 0.29) is 19.5 Å². The van der Waals surface area contributed by atoms with E-state index in [4.69, 9.17) is 0 Å². The summed E-state index contributed by atoms with van der Waals surface area (Å²) in [5.41, 5.74) is 0. The number of hydrogen-bond acceptors (Lipinski definition) is 0. The summed E-state index contributed by atoms with van der Waals surface area (Å²) in [5.74, 6) is 1.34. The summed E-state index contributed by atoms with van der Waals surface area (Å²) < 4.78 is 59.2. The van der Waals surface area contributed by atoms with E-state index in [0.29, 0.717) is 0 Å². The molecule has 0 aromatic rings. The Morgan fingerprint density at radius 1 is 0.632 bits per heavy atom. The molecule has 0 spiro atoms. The van der Waals surface area contributed by atoms with Gasteiger partial charge in [-0.1, -0.05) is 6.92 Å². The van der Waals surface area contributed by atoms with Crippen molar-refractivity contribution in [3.05, 3.63) is 63.7 Å². The molecule has 11 radical (unpaired) electrons. The van der Waals surface area contributed by atoms with E-state index in [1.807, 2.05) is 44.9 Å². The van der Waals surface area contributed by atoms with Crippen molar-refractivity contribution >= 4 is 7.81 Å². The molecule has 2 rings (SSSR count). The quantitative estimate of drug-likeness (QED) is 0.277. The Hall–Kier alpha value is 0.633. The Labute approximate surface area is 123 Å². The average molecular weight is 392 g/mol. The Morgan fingerprint density at radius 3 is 0.947 bits per heavy atom. The van der Waals surface area contributed by atoms with Crippen LogP contribution >= 0.6 is 7.81 Å². The second-order valence-electron chi connectivity index (χ2n) is 3.38. The molecular weight excluding hydrogens is 380 g/mol. The second-order valence-corrected chi connectivity index (χ2v) is 5.30. The topological polar surface area (TPSA) is 0 Å². The van der Waals surface area contributed by atoms with Gasteiger partial charge in [-0.05, 0) is 63.7 Å². The minimum absolute atomic E-state index is 0. The zero-order valence-corrected chi connectivity index (χ0v) is 12.3. The molecule has 0 atom stereocenters. The van der Waals surface area contributed by atoms with Crippen LogP contribution in [0.1, 0.15) is 6.92 Å². The van der Waals surface area contributed by atoms with Crippen LogP contribution in [-0.4, -0.2) is 0 Å². The van der Waals surface area contributed by atoms with Crippen molar-refractivity contribution in [2.45, 2.75) is 6.92 Å². The third kappa shape index (κ3) is 32.3. The fourth-order valence-electron chi connectivity index (χ4n) is 0.791. The van der Waals surface area contributed by atoms with E-state index >= 15 is 0 Å². The third-order valence-electron chi connectivity index (χ3n) is 1.38. The predicted molar refractivity (Wildman–Crippen MR) is 61.2 cm³/mol. The molecule has 0 amide bonds. The van der Waals surface area contributed by atoms with E-state index < -0.39 is 7.81 Å². The summed E-state index contributed by atoms with van der Waals surface area (Å²) in [4.78, 5) is 0. The van der Waals surface area contributed by atoms with Crippen LogP contribution < -0.4 is 0 Å². The van der Waals surface area contributed by atoms with Crippen LogP contribution in [0.2, 0.25) is 0 Å². The van der Waals surface area contributed by atoms with Gasteiger partial charge in [0.15, 0.2) is 0 Å². The number of hydrogen-bond donors (Lipinski definition) is 0. The summed E-state index contributed by atoms with van der Waals surface area (Å²) in [6.07, 6.45) is 18.2. The van der Waals surface area contributed by atoms with Crippen LogP contribution in [0.4, 0.5) is 25.2 Å². The maximum atomic E-state index is 9.87. The van der Waals surface area contributed by atoms with Crippen molar-refractivity contribution in [3.8, 4) is 0 Å². The number of halogens is 6. The van der Waals surface area contributed by atoms with Gasteiger partial charge in [-0.3, -0.25) is 0 Å². The zero-order valence-electron chi connectivity index (χ0n) is 9.74. The van der Waals surface area contributed by atoms with Gasteiger partial charge in [-0.25, -0.2) is 0 Å². The van der Waals surface area contributed by atoms with Gasteiger partial charge in [0.05, 0.1) is 0 Å². The molecule has 2 aliphatic rings. The molecule has 113 valence electrons. The summed E-state index contributed by atoms with van der Waals surface area (Å²) in [5, 5.41) is 0. The molecule has 19 heavy (non-hydrogen) atoms. The summed E-state index contributed by atoms with van der Waals surface area (Å²) in [6, 6.07) is 0. The van der Waals surface area contributed by atoms with Gasteiger partial charge in [0.25, 0.3) is 0 Å². The first-order valence-corrected chi connectivity index (χ1v) is 6.79. The molecule has 2 aliphatic carbocycles. The second kappa shape index (κ2) is 7.59. The van der Waals surface area contributed by atoms with Gasteiger partial charge in [0, 0.05) is 19.5 Å². The Kier molecular flexibility index (Phi) is 8.75. The molecule has 0 saturated heterocycles. The van der Waals surface area contributed by atoms with Gasteiger partial charge in [0.1, 0.15) is 0 Å². The SMILES string of the molecule is C[C]1[CH][CH][CH][CH]1.F[P-](F)(F)(F)(F)F.[CH]1[CH][CH][CH][CH]1.[Rh]. The molecule has 2 fully saturated rings. The van der Waals surface area contributed by atoms with Crippen LogP contribution in [-0.2, 0) is 19.5 Å². The number of rotatable bonds is 0. The van der Waals surface area contributed by atoms with Crippen LogP contribution in [0.15, 0.2) is 0 Å². The molecule has 2 saturated carbocycles. The first-order valence-electron chi connectivity index (χ1n) is 4.76. The van der Waals surface area contributed by atoms with E-state index in [9.17, 15) is 25.2 Å². The summed E-state index contributed by atoms with van der Waals surface area (Å²) in [7, 11) is -10.7. The van der Waals surface area contributed by atoms with Crippen molar-refractivity contribution in [2.24, 2.45) is 0 Å². The molecule has 0 heterocycles. The Morgan fingerprint density at radius 2 is 0.842 bits per heavy atom. The van der Waals surface area contributed by atoms with E-state index in [1.54, 1.807) is 0 Å². The maximum Gasteiger partial charge on any atom is 0 e. The molecular formula is C11H12F6PRh-. The maximum absolute atomic E-state index is 10.7. The summed E-state index contributed by atoms with van der Waals surface area (Å²) in [6.45, 7) is 2.08. The first kappa shape index (κ1) is 21.9. The molecule has 8 heteroatoms. The molecule has 0 aromatic carbocycles. The smallest absolute Gasteiger partial charge is 0 e. The van der Waals surface area contributed by atoms with Crippen LogP contribution in [0.5, 0.6) is 0 Å². The Balaban J connectivity index is 0. The third-order valence-corrected chi connectivity index (χ3v) is 1.38. The van der Waals surface area contributed by atoms with Crippen molar-refractivity contribution in [3.63, 3.8) is 0 Å². The average Bonchev–Trinajstić information content (AvgIpc) is 2.69.